The van der Waals surface area contributed by atoms with Crippen molar-refractivity contribution in [2.24, 2.45) is 4.99 Å². The van der Waals surface area contributed by atoms with Gasteiger partial charge in [-0.25, -0.2) is 0 Å². The van der Waals surface area contributed by atoms with Gasteiger partial charge < -0.3 is 15.2 Å². The molecular formula is C12H19IN6O. The van der Waals surface area contributed by atoms with Gasteiger partial charge in [0.2, 0.25) is 0 Å². The van der Waals surface area contributed by atoms with E-state index in [4.69, 9.17) is 4.52 Å². The highest BCUT2D eigenvalue weighted by Crippen LogP contribution is 1.92. The Kier molecular flexibility index (Phi) is 7.70. The van der Waals surface area contributed by atoms with Crippen LogP contribution in [0.15, 0.2) is 40.3 Å². The summed E-state index contributed by atoms with van der Waals surface area (Å²) in [6.07, 6.45) is 6.27. The third-order valence-corrected chi connectivity index (χ3v) is 2.57. The molecule has 0 fully saturated rings. The van der Waals surface area contributed by atoms with E-state index in [1.54, 1.807) is 19.5 Å². The number of aryl methyl sites for hydroxylation is 1. The van der Waals surface area contributed by atoms with Gasteiger partial charge in [-0.15, -0.1) is 24.0 Å². The van der Waals surface area contributed by atoms with E-state index in [0.29, 0.717) is 6.54 Å². The topological polar surface area (TPSA) is 80.3 Å². The Morgan fingerprint density at radius 3 is 3.00 bits per heavy atom. The predicted octanol–water partition coefficient (Wildman–Crippen LogP) is 1.24. The van der Waals surface area contributed by atoms with Crippen molar-refractivity contribution in [2.75, 3.05) is 13.6 Å². The van der Waals surface area contributed by atoms with Gasteiger partial charge in [0.05, 0.1) is 6.54 Å². The van der Waals surface area contributed by atoms with Crippen LogP contribution in [0.2, 0.25) is 0 Å². The van der Waals surface area contributed by atoms with Crippen molar-refractivity contribution in [1.82, 2.24) is 25.6 Å². The van der Waals surface area contributed by atoms with Crippen LogP contribution in [-0.2, 0) is 13.1 Å². The largest absolute Gasteiger partial charge is 0.364 e. The lowest BCUT2D eigenvalue weighted by Crippen LogP contribution is -2.37. The summed E-state index contributed by atoms with van der Waals surface area (Å²) in [6, 6.07) is 3.74. The van der Waals surface area contributed by atoms with Crippen LogP contribution < -0.4 is 10.6 Å². The van der Waals surface area contributed by atoms with Crippen molar-refractivity contribution in [2.45, 2.75) is 19.5 Å². The van der Waals surface area contributed by atoms with E-state index in [0.717, 1.165) is 31.2 Å². The van der Waals surface area contributed by atoms with Crippen molar-refractivity contribution >= 4 is 29.9 Å². The molecule has 0 radical (unpaired) electrons. The van der Waals surface area contributed by atoms with Gasteiger partial charge in [0.1, 0.15) is 12.0 Å². The average molecular weight is 390 g/mol. The highest BCUT2D eigenvalue weighted by Gasteiger charge is 2.00. The minimum Gasteiger partial charge on any atom is -0.364 e. The van der Waals surface area contributed by atoms with Crippen LogP contribution in [0, 0.1) is 0 Å². The molecule has 0 unspecified atom stereocenters. The number of nitrogens with zero attached hydrogens (tertiary/aromatic N) is 4. The maximum atomic E-state index is 4.76. The van der Waals surface area contributed by atoms with Gasteiger partial charge in [-0.3, -0.25) is 9.67 Å². The van der Waals surface area contributed by atoms with Gasteiger partial charge in [-0.05, 0) is 12.5 Å². The van der Waals surface area contributed by atoms with Crippen LogP contribution >= 0.6 is 24.0 Å². The Bertz CT molecular complexity index is 482. The van der Waals surface area contributed by atoms with Crippen LogP contribution in [0.1, 0.15) is 12.1 Å². The first-order chi connectivity index (χ1) is 9.38. The molecule has 2 rings (SSSR count). The van der Waals surface area contributed by atoms with Crippen LogP contribution in [0.25, 0.3) is 0 Å². The Balaban J connectivity index is 0.00000200. The Labute approximate surface area is 134 Å². The third-order valence-electron chi connectivity index (χ3n) is 2.57. The van der Waals surface area contributed by atoms with Crippen LogP contribution in [0.3, 0.4) is 0 Å². The second kappa shape index (κ2) is 9.34. The van der Waals surface area contributed by atoms with Gasteiger partial charge >= 0.3 is 0 Å². The fourth-order valence-electron chi connectivity index (χ4n) is 1.60. The van der Waals surface area contributed by atoms with E-state index in [1.165, 1.54) is 0 Å². The minimum atomic E-state index is 0. The van der Waals surface area contributed by atoms with E-state index in [-0.39, 0.29) is 24.0 Å². The molecule has 0 amide bonds. The second-order valence-corrected chi connectivity index (χ2v) is 3.97. The summed E-state index contributed by atoms with van der Waals surface area (Å²) in [7, 11) is 1.74. The molecule has 0 atom stereocenters. The summed E-state index contributed by atoms with van der Waals surface area (Å²) in [6.45, 7) is 2.31. The van der Waals surface area contributed by atoms with Gasteiger partial charge in [0.25, 0.3) is 0 Å². The number of aromatic nitrogens is 3. The number of aliphatic imine (C=N–C) groups is 1. The number of hydrogen-bond donors (Lipinski definition) is 2. The lowest BCUT2D eigenvalue weighted by Gasteiger charge is -2.10. The predicted molar refractivity (Wildman–Crippen MR) is 87.0 cm³/mol. The highest BCUT2D eigenvalue weighted by molar-refractivity contribution is 14.0. The molecule has 20 heavy (non-hydrogen) atoms. The SMILES string of the molecule is CN=C(NCCCn1cccn1)NCc1ccon1.I. The summed E-state index contributed by atoms with van der Waals surface area (Å²) in [4.78, 5) is 4.14. The molecule has 2 N–H and O–H groups in total. The zero-order chi connectivity index (χ0) is 13.3. The van der Waals surface area contributed by atoms with E-state index < -0.39 is 0 Å². The van der Waals surface area contributed by atoms with E-state index in [2.05, 4.69) is 25.9 Å². The van der Waals surface area contributed by atoms with E-state index >= 15 is 0 Å². The second-order valence-electron chi connectivity index (χ2n) is 3.97. The van der Waals surface area contributed by atoms with Gasteiger partial charge in [0.15, 0.2) is 5.96 Å². The molecule has 0 aromatic carbocycles. The third kappa shape index (κ3) is 5.59. The molecule has 0 spiro atoms. The molecule has 0 saturated carbocycles. The number of rotatable bonds is 6. The van der Waals surface area contributed by atoms with Gasteiger partial charge in [-0.1, -0.05) is 5.16 Å². The zero-order valence-corrected chi connectivity index (χ0v) is 13.7. The molecule has 2 heterocycles. The average Bonchev–Trinajstić information content (AvgIpc) is 3.11. The maximum absolute atomic E-state index is 4.76. The van der Waals surface area contributed by atoms with Crippen LogP contribution in [-0.4, -0.2) is 34.5 Å². The molecular weight excluding hydrogens is 371 g/mol. The molecule has 2 aromatic heterocycles. The Morgan fingerprint density at radius 2 is 2.35 bits per heavy atom. The van der Waals surface area contributed by atoms with Crippen molar-refractivity contribution in [3.8, 4) is 0 Å². The Morgan fingerprint density at radius 1 is 1.45 bits per heavy atom. The molecule has 2 aromatic rings. The first-order valence-corrected chi connectivity index (χ1v) is 6.19. The lowest BCUT2D eigenvalue weighted by molar-refractivity contribution is 0.410. The number of hydrogen-bond acceptors (Lipinski definition) is 4. The van der Waals surface area contributed by atoms with E-state index in [1.807, 2.05) is 23.0 Å². The van der Waals surface area contributed by atoms with Crippen molar-refractivity contribution < 1.29 is 4.52 Å². The lowest BCUT2D eigenvalue weighted by atomic mass is 10.4. The van der Waals surface area contributed by atoms with Gasteiger partial charge in [-0.2, -0.15) is 5.10 Å². The quantitative estimate of drug-likeness (QED) is 0.336. The van der Waals surface area contributed by atoms with Crippen molar-refractivity contribution in [1.29, 1.82) is 0 Å². The zero-order valence-electron chi connectivity index (χ0n) is 11.3. The molecule has 8 heteroatoms. The first-order valence-electron chi connectivity index (χ1n) is 6.19. The smallest absolute Gasteiger partial charge is 0.191 e. The summed E-state index contributed by atoms with van der Waals surface area (Å²) >= 11 is 0. The summed E-state index contributed by atoms with van der Waals surface area (Å²) < 4.78 is 6.67. The maximum Gasteiger partial charge on any atom is 0.191 e. The molecule has 0 saturated heterocycles. The molecule has 0 aliphatic carbocycles. The van der Waals surface area contributed by atoms with Crippen molar-refractivity contribution in [3.63, 3.8) is 0 Å². The molecule has 7 nitrogen and oxygen atoms in total. The molecule has 110 valence electrons. The fraction of sp³-hybridized carbons (Fsp3) is 0.417. The number of halogens is 1. The first kappa shape index (κ1) is 16.5. The molecule has 0 aliphatic rings. The summed E-state index contributed by atoms with van der Waals surface area (Å²) in [5, 5.41) is 14.4. The minimum absolute atomic E-state index is 0. The molecule has 0 bridgehead atoms. The number of guanidine groups is 1. The molecule has 0 aliphatic heterocycles. The number of nitrogens with one attached hydrogen (secondary N) is 2. The summed E-state index contributed by atoms with van der Waals surface area (Å²) in [5.41, 5.74) is 0.847. The standard InChI is InChI=1S/C12H18N6O.HI/c1-13-12(15-10-11-4-9-19-17-11)14-5-2-7-18-8-3-6-16-18;/h3-4,6,8-9H,2,5,7,10H2,1H3,(H2,13,14,15);1H. The van der Waals surface area contributed by atoms with Crippen molar-refractivity contribution in [3.05, 3.63) is 36.5 Å². The van der Waals surface area contributed by atoms with E-state index in [9.17, 15) is 0 Å². The van der Waals surface area contributed by atoms with Gasteiger partial charge in [0, 0.05) is 38.6 Å². The van der Waals surface area contributed by atoms with Crippen LogP contribution in [0.5, 0.6) is 0 Å². The van der Waals surface area contributed by atoms with Crippen LogP contribution in [0.4, 0.5) is 0 Å². The monoisotopic (exact) mass is 390 g/mol. The summed E-state index contributed by atoms with van der Waals surface area (Å²) in [5.74, 6) is 0.753. The normalized spacial score (nSPS) is 10.9. The fourth-order valence-corrected chi connectivity index (χ4v) is 1.60. The highest BCUT2D eigenvalue weighted by atomic mass is 127. The Hall–Kier alpha value is -1.58.